The lowest BCUT2D eigenvalue weighted by Gasteiger charge is -2.53. The van der Waals surface area contributed by atoms with Crippen molar-refractivity contribution < 1.29 is 9.53 Å². The quantitative estimate of drug-likeness (QED) is 0.541. The fourth-order valence-electron chi connectivity index (χ4n) is 8.35. The van der Waals surface area contributed by atoms with E-state index in [1.54, 1.807) is 16.7 Å². The second-order valence-corrected chi connectivity index (χ2v) is 11.3. The monoisotopic (exact) mass is 390 g/mol. The predicted octanol–water partition coefficient (Wildman–Crippen LogP) is 6.45. The molecule has 0 aromatic carbocycles. The number of carbonyl (C=O) groups is 1. The standard InChI is InChI=1S/C27H34O2/c1-5-29-18-6-10-25(4)20-8-11-27-21(7-9-24(27,3)15-17(2)23(27)28)19(20)16-26(12-13-26)22(25)14-18/h6-7,14,17H,5,8-13,15-16H2,1-4H3/t17?,24-,25?,27?/m0/s1. The van der Waals surface area contributed by atoms with E-state index in [-0.39, 0.29) is 22.2 Å². The van der Waals surface area contributed by atoms with Crippen LogP contribution in [0.25, 0.3) is 0 Å². The number of rotatable bonds is 2. The van der Waals surface area contributed by atoms with Crippen molar-refractivity contribution in [3.8, 4) is 0 Å². The summed E-state index contributed by atoms with van der Waals surface area (Å²) in [6, 6.07) is 0. The van der Waals surface area contributed by atoms with E-state index in [0.717, 1.165) is 50.9 Å². The number of ether oxygens (including phenoxy) is 1. The maximum atomic E-state index is 13.6. The summed E-state index contributed by atoms with van der Waals surface area (Å²) in [7, 11) is 0. The molecule has 4 atom stereocenters. The number of ketones is 1. The molecule has 6 aliphatic carbocycles. The molecule has 0 heterocycles. The van der Waals surface area contributed by atoms with Crippen LogP contribution in [0.4, 0.5) is 0 Å². The van der Waals surface area contributed by atoms with Gasteiger partial charge in [-0.1, -0.05) is 32.4 Å². The van der Waals surface area contributed by atoms with E-state index in [9.17, 15) is 4.79 Å². The lowest BCUT2D eigenvalue weighted by atomic mass is 9.50. The van der Waals surface area contributed by atoms with Crippen LogP contribution in [0.2, 0.25) is 0 Å². The molecule has 29 heavy (non-hydrogen) atoms. The van der Waals surface area contributed by atoms with Crippen molar-refractivity contribution in [2.45, 2.75) is 79.1 Å². The van der Waals surface area contributed by atoms with Gasteiger partial charge in [-0.25, -0.2) is 0 Å². The first-order chi connectivity index (χ1) is 13.8. The topological polar surface area (TPSA) is 26.3 Å². The highest BCUT2D eigenvalue weighted by Gasteiger charge is 2.68. The largest absolute Gasteiger partial charge is 0.494 e. The highest BCUT2D eigenvalue weighted by atomic mass is 16.5. The van der Waals surface area contributed by atoms with E-state index in [0.29, 0.717) is 11.2 Å². The molecule has 0 N–H and O–H groups in total. The Bertz CT molecular complexity index is 955. The second kappa shape index (κ2) is 5.37. The third-order valence-electron chi connectivity index (χ3n) is 9.82. The maximum absolute atomic E-state index is 13.6. The Kier molecular flexibility index (Phi) is 3.37. The van der Waals surface area contributed by atoms with Crippen molar-refractivity contribution in [3.05, 3.63) is 46.3 Å². The summed E-state index contributed by atoms with van der Waals surface area (Å²) in [6.07, 6.45) is 16.3. The Labute approximate surface area is 175 Å². The Hall–Kier alpha value is -1.57. The van der Waals surface area contributed by atoms with Crippen molar-refractivity contribution in [3.63, 3.8) is 0 Å². The third kappa shape index (κ3) is 1.97. The number of hydrogen-bond donors (Lipinski definition) is 0. The predicted molar refractivity (Wildman–Crippen MR) is 115 cm³/mol. The summed E-state index contributed by atoms with van der Waals surface area (Å²) in [5, 5.41) is 0. The van der Waals surface area contributed by atoms with Crippen LogP contribution in [-0.4, -0.2) is 12.4 Å². The van der Waals surface area contributed by atoms with Gasteiger partial charge in [0.1, 0.15) is 11.5 Å². The van der Waals surface area contributed by atoms with Gasteiger partial charge in [0.15, 0.2) is 0 Å². The minimum absolute atomic E-state index is 0.124. The van der Waals surface area contributed by atoms with Gasteiger partial charge in [-0.05, 0) is 98.0 Å². The van der Waals surface area contributed by atoms with E-state index in [1.807, 2.05) is 0 Å². The van der Waals surface area contributed by atoms with Gasteiger partial charge in [0.25, 0.3) is 0 Å². The fraction of sp³-hybridized carbons (Fsp3) is 0.667. The lowest BCUT2D eigenvalue weighted by molar-refractivity contribution is -0.129. The van der Waals surface area contributed by atoms with Gasteiger partial charge in [-0.2, -0.15) is 0 Å². The number of carbonyl (C=O) groups excluding carboxylic acids is 1. The normalized spacial score (nSPS) is 43.8. The van der Waals surface area contributed by atoms with Crippen molar-refractivity contribution in [2.24, 2.45) is 27.6 Å². The summed E-state index contributed by atoms with van der Waals surface area (Å²) >= 11 is 0. The molecule has 2 spiro atoms. The van der Waals surface area contributed by atoms with Gasteiger partial charge in [-0.15, -0.1) is 0 Å². The molecule has 2 saturated carbocycles. The molecule has 0 aromatic rings. The van der Waals surface area contributed by atoms with E-state index in [2.05, 4.69) is 45.9 Å². The second-order valence-electron chi connectivity index (χ2n) is 11.3. The van der Waals surface area contributed by atoms with Gasteiger partial charge < -0.3 is 4.74 Å². The molecule has 0 aromatic heterocycles. The first kappa shape index (κ1) is 18.2. The van der Waals surface area contributed by atoms with E-state index >= 15 is 0 Å². The lowest BCUT2D eigenvalue weighted by Crippen LogP contribution is -2.45. The summed E-state index contributed by atoms with van der Waals surface area (Å²) < 4.78 is 5.91. The van der Waals surface area contributed by atoms with E-state index in [1.165, 1.54) is 18.4 Å². The molecule has 0 radical (unpaired) electrons. The average molecular weight is 391 g/mol. The van der Waals surface area contributed by atoms with Gasteiger partial charge in [-0.3, -0.25) is 4.79 Å². The molecule has 6 rings (SSSR count). The summed E-state index contributed by atoms with van der Waals surface area (Å²) in [5.41, 5.74) is 6.80. The van der Waals surface area contributed by atoms with Crippen LogP contribution in [0.15, 0.2) is 46.3 Å². The van der Waals surface area contributed by atoms with E-state index in [4.69, 9.17) is 4.74 Å². The first-order valence-electron chi connectivity index (χ1n) is 11.8. The van der Waals surface area contributed by atoms with Crippen LogP contribution in [0.1, 0.15) is 79.1 Å². The molecule has 0 aliphatic heterocycles. The van der Waals surface area contributed by atoms with Gasteiger partial charge >= 0.3 is 0 Å². The average Bonchev–Trinajstić information content (AvgIpc) is 3.35. The summed E-state index contributed by atoms with van der Waals surface area (Å²) in [4.78, 5) is 13.6. The molecule has 154 valence electrons. The highest BCUT2D eigenvalue weighted by Crippen LogP contribution is 2.75. The van der Waals surface area contributed by atoms with Crippen LogP contribution in [0.3, 0.4) is 0 Å². The van der Waals surface area contributed by atoms with Crippen LogP contribution in [-0.2, 0) is 9.53 Å². The third-order valence-corrected chi connectivity index (χ3v) is 9.82. The smallest absolute Gasteiger partial charge is 0.146 e. The molecular weight excluding hydrogens is 356 g/mol. The van der Waals surface area contributed by atoms with Crippen molar-refractivity contribution in [2.75, 3.05) is 6.61 Å². The Morgan fingerprint density at radius 1 is 1.14 bits per heavy atom. The number of fused-ring (bicyclic) bond motifs is 4. The zero-order valence-corrected chi connectivity index (χ0v) is 18.5. The van der Waals surface area contributed by atoms with Crippen molar-refractivity contribution in [1.29, 1.82) is 0 Å². The zero-order valence-electron chi connectivity index (χ0n) is 18.5. The number of hydrogen-bond acceptors (Lipinski definition) is 2. The summed E-state index contributed by atoms with van der Waals surface area (Å²) in [5.74, 6) is 1.85. The van der Waals surface area contributed by atoms with Crippen LogP contribution in [0, 0.1) is 27.6 Å². The molecule has 0 bridgehead atoms. The minimum Gasteiger partial charge on any atom is -0.494 e. The Balaban J connectivity index is 1.50. The molecule has 2 heteroatoms. The van der Waals surface area contributed by atoms with Crippen molar-refractivity contribution >= 4 is 5.78 Å². The number of Topliss-reactive ketones (excluding diaryl/α,β-unsaturated/α-hetero) is 1. The molecule has 0 saturated heterocycles. The molecule has 0 amide bonds. The molecular formula is C27H34O2. The van der Waals surface area contributed by atoms with Crippen LogP contribution in [0.5, 0.6) is 0 Å². The highest BCUT2D eigenvalue weighted by molar-refractivity contribution is 5.95. The van der Waals surface area contributed by atoms with E-state index < -0.39 is 0 Å². The summed E-state index contributed by atoms with van der Waals surface area (Å²) in [6.45, 7) is 9.88. The van der Waals surface area contributed by atoms with Gasteiger partial charge in [0.05, 0.1) is 12.0 Å². The van der Waals surface area contributed by atoms with Crippen molar-refractivity contribution in [1.82, 2.24) is 0 Å². The molecule has 2 fully saturated rings. The first-order valence-corrected chi connectivity index (χ1v) is 11.8. The van der Waals surface area contributed by atoms with Crippen LogP contribution >= 0.6 is 0 Å². The molecule has 6 aliphatic rings. The van der Waals surface area contributed by atoms with Gasteiger partial charge in [0.2, 0.25) is 0 Å². The molecule has 3 unspecified atom stereocenters. The van der Waals surface area contributed by atoms with Gasteiger partial charge in [0, 0.05) is 11.3 Å². The number of allylic oxidation sites excluding steroid dienone is 7. The maximum Gasteiger partial charge on any atom is 0.146 e. The zero-order chi connectivity index (χ0) is 20.2. The SMILES string of the molecule is CCOC1=CCC2(C)C(=C1)C1(CC1)CC1=C2CCC23C(=O)C(C)C[C@]2(C)CC=C13. The molecule has 2 nitrogen and oxygen atoms in total. The van der Waals surface area contributed by atoms with Crippen LogP contribution < -0.4 is 0 Å². The Morgan fingerprint density at radius 3 is 2.66 bits per heavy atom. The Morgan fingerprint density at radius 2 is 1.93 bits per heavy atom. The fourth-order valence-corrected chi connectivity index (χ4v) is 8.35. The minimum atomic E-state index is -0.181.